The van der Waals surface area contributed by atoms with E-state index in [1.807, 2.05) is 36.1 Å². The van der Waals surface area contributed by atoms with Gasteiger partial charge in [-0.25, -0.2) is 9.97 Å². The molecule has 0 aliphatic carbocycles. The van der Waals surface area contributed by atoms with Crippen molar-refractivity contribution in [2.75, 3.05) is 26.2 Å². The Hall–Kier alpha value is -2.47. The van der Waals surface area contributed by atoms with Gasteiger partial charge in [0.05, 0.1) is 12.4 Å². The molecule has 1 amide bonds. The molecule has 25 heavy (non-hydrogen) atoms. The van der Waals surface area contributed by atoms with Crippen LogP contribution in [0.25, 0.3) is 0 Å². The molecule has 3 heterocycles. The molecular formula is C19H22N4O2. The molecule has 0 bridgehead atoms. The summed E-state index contributed by atoms with van der Waals surface area (Å²) in [4.78, 5) is 25.1. The predicted octanol–water partition coefficient (Wildman–Crippen LogP) is 1.76. The third kappa shape index (κ3) is 3.49. The number of hydrogen-bond donors (Lipinski definition) is 0. The number of rotatable bonds is 3. The number of amides is 1. The van der Waals surface area contributed by atoms with E-state index in [0.717, 1.165) is 38.2 Å². The average Bonchev–Trinajstić information content (AvgIpc) is 3.04. The minimum absolute atomic E-state index is 0.125. The Morgan fingerprint density at radius 2 is 1.88 bits per heavy atom. The van der Waals surface area contributed by atoms with Crippen molar-refractivity contribution in [2.24, 2.45) is 0 Å². The number of fused-ring (bicyclic) bond motifs is 1. The highest BCUT2D eigenvalue weighted by Gasteiger charge is 2.38. The van der Waals surface area contributed by atoms with Gasteiger partial charge >= 0.3 is 0 Å². The van der Waals surface area contributed by atoms with Crippen LogP contribution >= 0.6 is 0 Å². The van der Waals surface area contributed by atoms with Crippen molar-refractivity contribution in [3.05, 3.63) is 54.1 Å². The zero-order valence-electron chi connectivity index (χ0n) is 14.3. The second-order valence-corrected chi connectivity index (χ2v) is 6.82. The topological polar surface area (TPSA) is 58.6 Å². The molecular weight excluding hydrogens is 316 g/mol. The monoisotopic (exact) mass is 338 g/mol. The maximum Gasteiger partial charge on any atom is 0.253 e. The number of aryl methyl sites for hydroxylation is 1. The van der Waals surface area contributed by atoms with Crippen LogP contribution in [0.5, 0.6) is 5.75 Å². The number of hydrogen-bond acceptors (Lipinski definition) is 5. The van der Waals surface area contributed by atoms with Crippen LogP contribution in [0.15, 0.2) is 43.0 Å². The molecule has 2 atom stereocenters. The third-order valence-corrected chi connectivity index (χ3v) is 5.00. The van der Waals surface area contributed by atoms with Crippen molar-refractivity contribution < 1.29 is 9.53 Å². The summed E-state index contributed by atoms with van der Waals surface area (Å²) in [5.74, 6) is 0.834. The van der Waals surface area contributed by atoms with Gasteiger partial charge < -0.3 is 9.64 Å². The molecule has 0 N–H and O–H groups in total. The lowest BCUT2D eigenvalue weighted by Crippen LogP contribution is -2.52. The highest BCUT2D eigenvalue weighted by atomic mass is 16.5. The van der Waals surface area contributed by atoms with Crippen molar-refractivity contribution in [3.63, 3.8) is 0 Å². The molecule has 2 aromatic rings. The Bertz CT molecular complexity index is 735. The average molecular weight is 338 g/mol. The summed E-state index contributed by atoms with van der Waals surface area (Å²) in [6, 6.07) is 8.17. The molecule has 0 unspecified atom stereocenters. The summed E-state index contributed by atoms with van der Waals surface area (Å²) >= 11 is 0. The van der Waals surface area contributed by atoms with Crippen molar-refractivity contribution >= 4 is 5.91 Å². The molecule has 2 aliphatic heterocycles. The van der Waals surface area contributed by atoms with Gasteiger partial charge in [0.15, 0.2) is 5.75 Å². The highest BCUT2D eigenvalue weighted by Crippen LogP contribution is 2.26. The maximum absolute atomic E-state index is 12.7. The van der Waals surface area contributed by atoms with E-state index in [9.17, 15) is 4.79 Å². The van der Waals surface area contributed by atoms with E-state index in [4.69, 9.17) is 4.74 Å². The maximum atomic E-state index is 12.7. The van der Waals surface area contributed by atoms with E-state index in [-0.39, 0.29) is 12.0 Å². The van der Waals surface area contributed by atoms with E-state index in [2.05, 4.69) is 14.9 Å². The zero-order valence-corrected chi connectivity index (χ0v) is 14.3. The number of aromatic nitrogens is 2. The fourth-order valence-corrected chi connectivity index (χ4v) is 3.68. The van der Waals surface area contributed by atoms with Crippen molar-refractivity contribution in [1.29, 1.82) is 0 Å². The largest absolute Gasteiger partial charge is 0.486 e. The third-order valence-electron chi connectivity index (χ3n) is 5.00. The molecule has 0 saturated carbocycles. The van der Waals surface area contributed by atoms with E-state index < -0.39 is 0 Å². The van der Waals surface area contributed by atoms with Crippen LogP contribution < -0.4 is 4.74 Å². The zero-order chi connectivity index (χ0) is 17.2. The molecule has 0 spiro atoms. The normalized spacial score (nSPS) is 23.3. The Morgan fingerprint density at radius 1 is 1.12 bits per heavy atom. The highest BCUT2D eigenvalue weighted by molar-refractivity contribution is 5.94. The number of carbonyl (C=O) groups excluding carboxylic acids is 1. The van der Waals surface area contributed by atoms with Crippen LogP contribution in [0, 0.1) is 6.92 Å². The fourth-order valence-electron chi connectivity index (χ4n) is 3.68. The molecule has 4 rings (SSSR count). The van der Waals surface area contributed by atoms with Gasteiger partial charge in [0, 0.05) is 44.2 Å². The van der Waals surface area contributed by atoms with Crippen molar-refractivity contribution in [3.8, 4) is 5.75 Å². The SMILES string of the molecule is Cc1ccc(C(=O)N2CCN3C[C@H](Oc4cncnc4)C[C@H]3C2)cc1. The molecule has 1 aromatic carbocycles. The smallest absolute Gasteiger partial charge is 0.253 e. The summed E-state index contributed by atoms with van der Waals surface area (Å²) < 4.78 is 5.99. The first kappa shape index (κ1) is 16.0. The number of nitrogens with zero attached hydrogens (tertiary/aromatic N) is 4. The lowest BCUT2D eigenvalue weighted by atomic mass is 10.1. The van der Waals surface area contributed by atoms with Crippen LogP contribution in [-0.2, 0) is 0 Å². The standard InChI is InChI=1S/C19H22N4O2/c1-14-2-4-15(5-3-14)19(24)23-7-6-22-12-17(8-16(22)11-23)25-18-9-20-13-21-10-18/h2-5,9-10,13,16-17H,6-8,11-12H2,1H3/t16-,17+/m0/s1. The number of benzene rings is 1. The first-order chi connectivity index (χ1) is 12.2. The molecule has 1 aromatic heterocycles. The van der Waals surface area contributed by atoms with Crippen LogP contribution in [0.4, 0.5) is 0 Å². The van der Waals surface area contributed by atoms with Crippen LogP contribution in [0.3, 0.4) is 0 Å². The lowest BCUT2D eigenvalue weighted by molar-refractivity contribution is 0.0570. The molecule has 2 fully saturated rings. The summed E-state index contributed by atoms with van der Waals surface area (Å²) in [6.07, 6.45) is 5.94. The Morgan fingerprint density at radius 3 is 2.64 bits per heavy atom. The van der Waals surface area contributed by atoms with Crippen molar-refractivity contribution in [2.45, 2.75) is 25.5 Å². The fraction of sp³-hybridized carbons (Fsp3) is 0.421. The number of piperazine rings is 1. The van der Waals surface area contributed by atoms with Gasteiger partial charge in [0.2, 0.25) is 0 Å². The van der Waals surface area contributed by atoms with Gasteiger partial charge in [-0.15, -0.1) is 0 Å². The minimum atomic E-state index is 0.125. The predicted molar refractivity (Wildman–Crippen MR) is 93.5 cm³/mol. The van der Waals surface area contributed by atoms with Crippen molar-refractivity contribution in [1.82, 2.24) is 19.8 Å². The lowest BCUT2D eigenvalue weighted by Gasteiger charge is -2.37. The van der Waals surface area contributed by atoms with E-state index >= 15 is 0 Å². The van der Waals surface area contributed by atoms with Crippen LogP contribution in [0.2, 0.25) is 0 Å². The molecule has 2 saturated heterocycles. The second kappa shape index (κ2) is 6.80. The van der Waals surface area contributed by atoms with E-state index in [1.54, 1.807) is 12.4 Å². The Kier molecular flexibility index (Phi) is 4.36. The number of ether oxygens (including phenoxy) is 1. The summed E-state index contributed by atoms with van der Waals surface area (Å²) in [7, 11) is 0. The molecule has 6 heteroatoms. The second-order valence-electron chi connectivity index (χ2n) is 6.82. The first-order valence-corrected chi connectivity index (χ1v) is 8.71. The summed E-state index contributed by atoms with van der Waals surface area (Å²) in [5, 5.41) is 0. The van der Waals surface area contributed by atoms with Gasteiger partial charge in [0.1, 0.15) is 12.4 Å². The van der Waals surface area contributed by atoms with E-state index in [1.165, 1.54) is 11.9 Å². The van der Waals surface area contributed by atoms with Gasteiger partial charge in [-0.3, -0.25) is 9.69 Å². The van der Waals surface area contributed by atoms with Crippen LogP contribution in [-0.4, -0.2) is 64.0 Å². The summed E-state index contributed by atoms with van der Waals surface area (Å²) in [5.41, 5.74) is 1.94. The van der Waals surface area contributed by atoms with Gasteiger partial charge in [-0.05, 0) is 19.1 Å². The Labute approximate surface area is 147 Å². The van der Waals surface area contributed by atoms with Gasteiger partial charge in [0.25, 0.3) is 5.91 Å². The van der Waals surface area contributed by atoms with Gasteiger partial charge in [-0.1, -0.05) is 17.7 Å². The van der Waals surface area contributed by atoms with Gasteiger partial charge in [-0.2, -0.15) is 0 Å². The van der Waals surface area contributed by atoms with Crippen LogP contribution in [0.1, 0.15) is 22.3 Å². The molecule has 2 aliphatic rings. The minimum Gasteiger partial charge on any atom is -0.486 e. The van der Waals surface area contributed by atoms with E-state index in [0.29, 0.717) is 11.8 Å². The Balaban J connectivity index is 1.38. The first-order valence-electron chi connectivity index (χ1n) is 8.71. The molecule has 0 radical (unpaired) electrons. The number of carbonyl (C=O) groups is 1. The summed E-state index contributed by atoms with van der Waals surface area (Å²) in [6.45, 7) is 5.35. The molecule has 130 valence electrons. The molecule has 6 nitrogen and oxygen atoms in total. The quantitative estimate of drug-likeness (QED) is 0.854.